The van der Waals surface area contributed by atoms with Crippen molar-refractivity contribution < 1.29 is 19.1 Å². The second kappa shape index (κ2) is 5.08. The summed E-state index contributed by atoms with van der Waals surface area (Å²) in [7, 11) is 2.91. The Morgan fingerprint density at radius 1 is 1.43 bits per heavy atom. The SMILES string of the molecule is COC(=O)C1CC(=O)N(c2nc3ccc(OC)cc3[nH]2)C1. The van der Waals surface area contributed by atoms with Crippen molar-refractivity contribution in [1.29, 1.82) is 0 Å². The lowest BCUT2D eigenvalue weighted by Gasteiger charge is -2.12. The fraction of sp³-hybridized carbons (Fsp3) is 0.357. The third-order valence-corrected chi connectivity index (χ3v) is 3.59. The maximum Gasteiger partial charge on any atom is 0.311 e. The molecule has 1 atom stereocenters. The van der Waals surface area contributed by atoms with Crippen LogP contribution < -0.4 is 9.64 Å². The predicted molar refractivity (Wildman–Crippen MR) is 75.1 cm³/mol. The number of hydrogen-bond acceptors (Lipinski definition) is 5. The van der Waals surface area contributed by atoms with E-state index >= 15 is 0 Å². The van der Waals surface area contributed by atoms with Crippen LogP contribution in [0, 0.1) is 5.92 Å². The van der Waals surface area contributed by atoms with E-state index < -0.39 is 5.92 Å². The van der Waals surface area contributed by atoms with Crippen LogP contribution in [0.3, 0.4) is 0 Å². The van der Waals surface area contributed by atoms with Crippen molar-refractivity contribution in [2.45, 2.75) is 6.42 Å². The predicted octanol–water partition coefficient (Wildman–Crippen LogP) is 1.10. The molecule has 1 aliphatic heterocycles. The second-order valence-electron chi connectivity index (χ2n) is 4.87. The first-order valence-electron chi connectivity index (χ1n) is 6.54. The lowest BCUT2D eigenvalue weighted by atomic mass is 10.1. The highest BCUT2D eigenvalue weighted by Crippen LogP contribution is 2.27. The highest BCUT2D eigenvalue weighted by molar-refractivity contribution is 5.99. The number of esters is 1. The van der Waals surface area contributed by atoms with Gasteiger partial charge in [-0.15, -0.1) is 0 Å². The zero-order valence-corrected chi connectivity index (χ0v) is 11.8. The first-order valence-corrected chi connectivity index (χ1v) is 6.54. The van der Waals surface area contributed by atoms with E-state index in [2.05, 4.69) is 9.97 Å². The molecule has 21 heavy (non-hydrogen) atoms. The molecule has 1 saturated heterocycles. The average Bonchev–Trinajstić information content (AvgIpc) is 3.08. The number of methoxy groups -OCH3 is 2. The van der Waals surface area contributed by atoms with Crippen LogP contribution in [0.2, 0.25) is 0 Å². The van der Waals surface area contributed by atoms with E-state index in [1.165, 1.54) is 12.0 Å². The molecule has 1 aliphatic rings. The highest BCUT2D eigenvalue weighted by Gasteiger charge is 2.37. The number of aromatic nitrogens is 2. The van der Waals surface area contributed by atoms with Gasteiger partial charge in [-0.1, -0.05) is 0 Å². The molecule has 1 aromatic heterocycles. The molecule has 110 valence electrons. The Hall–Kier alpha value is -2.57. The minimum Gasteiger partial charge on any atom is -0.497 e. The van der Waals surface area contributed by atoms with Crippen LogP contribution in [0.4, 0.5) is 5.95 Å². The van der Waals surface area contributed by atoms with Crippen molar-refractivity contribution >= 4 is 28.9 Å². The van der Waals surface area contributed by atoms with Crippen molar-refractivity contribution in [3.63, 3.8) is 0 Å². The molecule has 7 heteroatoms. The molecule has 0 spiro atoms. The number of rotatable bonds is 3. The first kappa shape index (κ1) is 13.4. The van der Waals surface area contributed by atoms with E-state index in [0.29, 0.717) is 11.7 Å². The molecule has 3 rings (SSSR count). The van der Waals surface area contributed by atoms with Crippen LogP contribution in [0.5, 0.6) is 5.75 Å². The van der Waals surface area contributed by atoms with Crippen molar-refractivity contribution in [3.05, 3.63) is 18.2 Å². The van der Waals surface area contributed by atoms with E-state index in [-0.39, 0.29) is 24.8 Å². The summed E-state index contributed by atoms with van der Waals surface area (Å²) in [6.07, 6.45) is 0.146. The summed E-state index contributed by atoms with van der Waals surface area (Å²) in [5.74, 6) is 0.192. The summed E-state index contributed by atoms with van der Waals surface area (Å²) < 4.78 is 9.84. The fourth-order valence-corrected chi connectivity index (χ4v) is 2.47. The highest BCUT2D eigenvalue weighted by atomic mass is 16.5. The third kappa shape index (κ3) is 2.31. The van der Waals surface area contributed by atoms with Gasteiger partial charge in [-0.3, -0.25) is 14.5 Å². The topological polar surface area (TPSA) is 84.5 Å². The van der Waals surface area contributed by atoms with Gasteiger partial charge in [0.1, 0.15) is 5.75 Å². The summed E-state index contributed by atoms with van der Waals surface area (Å²) in [5.41, 5.74) is 1.51. The number of ether oxygens (including phenoxy) is 2. The number of hydrogen-bond donors (Lipinski definition) is 1. The van der Waals surface area contributed by atoms with Gasteiger partial charge in [-0.2, -0.15) is 0 Å². The Morgan fingerprint density at radius 2 is 2.24 bits per heavy atom. The number of carbonyl (C=O) groups is 2. The number of imidazole rings is 1. The van der Waals surface area contributed by atoms with Gasteiger partial charge in [-0.25, -0.2) is 4.98 Å². The Balaban J connectivity index is 1.90. The number of anilines is 1. The number of fused-ring (bicyclic) bond motifs is 1. The van der Waals surface area contributed by atoms with E-state index in [1.807, 2.05) is 12.1 Å². The number of aromatic amines is 1. The fourth-order valence-electron chi connectivity index (χ4n) is 2.47. The summed E-state index contributed by atoms with van der Waals surface area (Å²) in [4.78, 5) is 32.5. The molecule has 1 aromatic carbocycles. The van der Waals surface area contributed by atoms with Crippen molar-refractivity contribution in [3.8, 4) is 5.75 Å². The molecule has 1 N–H and O–H groups in total. The summed E-state index contributed by atoms with van der Waals surface area (Å²) in [6.45, 7) is 0.280. The molecule has 1 amide bonds. The average molecular weight is 289 g/mol. The number of H-pyrrole nitrogens is 1. The van der Waals surface area contributed by atoms with Gasteiger partial charge in [0.05, 0.1) is 31.2 Å². The van der Waals surface area contributed by atoms with Gasteiger partial charge >= 0.3 is 5.97 Å². The molecule has 2 aromatic rings. The smallest absolute Gasteiger partial charge is 0.311 e. The van der Waals surface area contributed by atoms with Crippen LogP contribution in [-0.2, 0) is 14.3 Å². The molecule has 0 radical (unpaired) electrons. The lowest BCUT2D eigenvalue weighted by molar-refractivity contribution is -0.145. The Labute approximate surface area is 120 Å². The maximum absolute atomic E-state index is 12.0. The molecule has 0 saturated carbocycles. The Morgan fingerprint density at radius 3 is 2.95 bits per heavy atom. The molecule has 7 nitrogen and oxygen atoms in total. The Bertz CT molecular complexity index is 709. The minimum atomic E-state index is -0.440. The van der Waals surface area contributed by atoms with Crippen LogP contribution in [0.1, 0.15) is 6.42 Å². The van der Waals surface area contributed by atoms with Crippen LogP contribution >= 0.6 is 0 Å². The molecule has 1 fully saturated rings. The van der Waals surface area contributed by atoms with Crippen LogP contribution in [0.15, 0.2) is 18.2 Å². The van der Waals surface area contributed by atoms with E-state index in [1.54, 1.807) is 13.2 Å². The Kier molecular flexibility index (Phi) is 3.25. The summed E-state index contributed by atoms with van der Waals surface area (Å²) in [5, 5.41) is 0. The molecule has 0 aliphatic carbocycles. The second-order valence-corrected chi connectivity index (χ2v) is 4.87. The van der Waals surface area contributed by atoms with Crippen molar-refractivity contribution in [2.24, 2.45) is 5.92 Å². The zero-order chi connectivity index (χ0) is 15.0. The minimum absolute atomic E-state index is 0.142. The molecule has 0 bridgehead atoms. The largest absolute Gasteiger partial charge is 0.497 e. The van der Waals surface area contributed by atoms with Gasteiger partial charge in [0.2, 0.25) is 11.9 Å². The van der Waals surface area contributed by atoms with Crippen molar-refractivity contribution in [2.75, 3.05) is 25.7 Å². The number of benzene rings is 1. The first-order chi connectivity index (χ1) is 10.1. The number of amides is 1. The molecule has 2 heterocycles. The van der Waals surface area contributed by atoms with Gasteiger partial charge in [0.25, 0.3) is 0 Å². The van der Waals surface area contributed by atoms with Crippen LogP contribution in [-0.4, -0.2) is 42.6 Å². The maximum atomic E-state index is 12.0. The van der Waals surface area contributed by atoms with Gasteiger partial charge in [0, 0.05) is 19.0 Å². The van der Waals surface area contributed by atoms with Gasteiger partial charge in [-0.05, 0) is 12.1 Å². The molecular weight excluding hydrogens is 274 g/mol. The zero-order valence-electron chi connectivity index (χ0n) is 11.8. The molecular formula is C14H15N3O4. The lowest BCUT2D eigenvalue weighted by Crippen LogP contribution is -2.27. The number of nitrogens with zero attached hydrogens (tertiary/aromatic N) is 2. The van der Waals surface area contributed by atoms with Crippen molar-refractivity contribution in [1.82, 2.24) is 9.97 Å². The van der Waals surface area contributed by atoms with Crippen LogP contribution in [0.25, 0.3) is 11.0 Å². The molecule has 1 unspecified atom stereocenters. The summed E-state index contributed by atoms with van der Waals surface area (Å²) >= 11 is 0. The van der Waals surface area contributed by atoms with Gasteiger partial charge < -0.3 is 14.5 Å². The number of carbonyl (C=O) groups excluding carboxylic acids is 2. The normalized spacial score (nSPS) is 18.3. The summed E-state index contributed by atoms with van der Waals surface area (Å²) in [6, 6.07) is 5.42. The monoisotopic (exact) mass is 289 g/mol. The standard InChI is InChI=1S/C14H15N3O4/c1-20-9-3-4-10-11(6-9)16-14(15-10)17-7-8(5-12(17)18)13(19)21-2/h3-4,6,8H,5,7H2,1-2H3,(H,15,16). The van der Waals surface area contributed by atoms with E-state index in [4.69, 9.17) is 9.47 Å². The third-order valence-electron chi connectivity index (χ3n) is 3.59. The quantitative estimate of drug-likeness (QED) is 0.855. The van der Waals surface area contributed by atoms with E-state index in [9.17, 15) is 9.59 Å². The van der Waals surface area contributed by atoms with E-state index in [0.717, 1.165) is 11.0 Å². The van der Waals surface area contributed by atoms with Gasteiger partial charge in [0.15, 0.2) is 0 Å². The number of nitrogens with one attached hydrogen (secondary N) is 1.